The smallest absolute Gasteiger partial charge is 0.407 e. The van der Waals surface area contributed by atoms with E-state index < -0.39 is 6.09 Å². The van der Waals surface area contributed by atoms with E-state index in [0.29, 0.717) is 23.8 Å². The first-order chi connectivity index (χ1) is 13.6. The van der Waals surface area contributed by atoms with Crippen molar-refractivity contribution >= 4 is 17.8 Å². The Morgan fingerprint density at radius 2 is 2.03 bits per heavy atom. The monoisotopic (exact) mass is 404 g/mol. The molecule has 10 heteroatoms. The molecule has 0 radical (unpaired) electrons. The van der Waals surface area contributed by atoms with Crippen molar-refractivity contribution in [2.45, 2.75) is 57.6 Å². The molecule has 0 aromatic carbocycles. The van der Waals surface area contributed by atoms with E-state index >= 15 is 0 Å². The molecule has 2 amide bonds. The fourth-order valence-electron chi connectivity index (χ4n) is 3.36. The quantitative estimate of drug-likeness (QED) is 0.704. The van der Waals surface area contributed by atoms with Crippen LogP contribution in [-0.4, -0.2) is 50.7 Å². The lowest BCUT2D eigenvalue weighted by molar-refractivity contribution is 0.0935. The van der Waals surface area contributed by atoms with Crippen molar-refractivity contribution < 1.29 is 19.1 Å². The molecule has 2 aromatic rings. The van der Waals surface area contributed by atoms with Crippen molar-refractivity contribution in [2.24, 2.45) is 7.05 Å². The summed E-state index contributed by atoms with van der Waals surface area (Å²) in [6.45, 7) is 5.73. The van der Waals surface area contributed by atoms with Crippen molar-refractivity contribution in [2.75, 3.05) is 12.4 Å². The highest BCUT2D eigenvalue weighted by molar-refractivity contribution is 6.02. The summed E-state index contributed by atoms with van der Waals surface area (Å²) in [5.41, 5.74) is 0.944. The normalized spacial score (nSPS) is 19.1. The number of carbonyl (C=O) groups is 2. The molecular formula is C19H28N6O4. The molecule has 0 aliphatic heterocycles. The third kappa shape index (κ3) is 5.27. The Morgan fingerprint density at radius 1 is 1.28 bits per heavy atom. The molecule has 29 heavy (non-hydrogen) atoms. The number of anilines is 1. The van der Waals surface area contributed by atoms with Crippen molar-refractivity contribution in [3.63, 3.8) is 0 Å². The molecule has 0 spiro atoms. The zero-order valence-corrected chi connectivity index (χ0v) is 17.4. The Kier molecular flexibility index (Phi) is 5.81. The summed E-state index contributed by atoms with van der Waals surface area (Å²) < 4.78 is 12.0. The van der Waals surface area contributed by atoms with Gasteiger partial charge < -0.3 is 20.1 Å². The number of amides is 2. The minimum atomic E-state index is -0.396. The number of ether oxygens (including phenoxy) is 2. The van der Waals surface area contributed by atoms with E-state index in [1.165, 1.54) is 11.8 Å². The van der Waals surface area contributed by atoms with Crippen molar-refractivity contribution in [1.82, 2.24) is 25.3 Å². The van der Waals surface area contributed by atoms with Crippen LogP contribution in [0.5, 0.6) is 5.88 Å². The molecule has 2 unspecified atom stereocenters. The molecule has 3 N–H and O–H groups in total. The second kappa shape index (κ2) is 8.14. The van der Waals surface area contributed by atoms with Crippen molar-refractivity contribution in [3.05, 3.63) is 23.5 Å². The molecule has 1 fully saturated rings. The van der Waals surface area contributed by atoms with Gasteiger partial charge in [-0.3, -0.25) is 14.6 Å². The van der Waals surface area contributed by atoms with Crippen LogP contribution in [0.25, 0.3) is 0 Å². The van der Waals surface area contributed by atoms with Crippen molar-refractivity contribution in [1.29, 1.82) is 0 Å². The van der Waals surface area contributed by atoms with Crippen LogP contribution < -0.4 is 15.4 Å². The van der Waals surface area contributed by atoms with Gasteiger partial charge in [-0.2, -0.15) is 5.10 Å². The van der Waals surface area contributed by atoms with Gasteiger partial charge in [0.15, 0.2) is 5.82 Å². The lowest BCUT2D eigenvalue weighted by Gasteiger charge is -2.22. The van der Waals surface area contributed by atoms with E-state index in [4.69, 9.17) is 9.47 Å². The summed E-state index contributed by atoms with van der Waals surface area (Å²) >= 11 is 0. The lowest BCUT2D eigenvalue weighted by atomic mass is 10.0. The number of H-pyrrole nitrogens is 1. The SMILES string of the molecule is COc1cc(C(=O)Nc2cc(C3CCC(OC(=O)NC(C)(C)C)C3)[nH]n2)n(C)n1. The number of aromatic amines is 1. The van der Waals surface area contributed by atoms with Gasteiger partial charge in [0.2, 0.25) is 5.88 Å². The van der Waals surface area contributed by atoms with E-state index in [1.54, 1.807) is 13.1 Å². The third-order valence-corrected chi connectivity index (χ3v) is 4.71. The summed E-state index contributed by atoms with van der Waals surface area (Å²) in [5, 5.41) is 16.8. The van der Waals surface area contributed by atoms with Gasteiger partial charge in [-0.25, -0.2) is 4.79 Å². The molecular weight excluding hydrogens is 376 g/mol. The Bertz CT molecular complexity index is 882. The average Bonchev–Trinajstić information content (AvgIpc) is 3.32. The van der Waals surface area contributed by atoms with Crippen LogP contribution in [0.15, 0.2) is 12.1 Å². The zero-order chi connectivity index (χ0) is 21.2. The van der Waals surface area contributed by atoms with Crippen LogP contribution in [0.1, 0.15) is 62.1 Å². The predicted molar refractivity (Wildman–Crippen MR) is 106 cm³/mol. The topological polar surface area (TPSA) is 123 Å². The first-order valence-electron chi connectivity index (χ1n) is 9.58. The Hall–Kier alpha value is -3.04. The van der Waals surface area contributed by atoms with E-state index in [0.717, 1.165) is 18.5 Å². The molecule has 10 nitrogen and oxygen atoms in total. The van der Waals surface area contributed by atoms with Gasteiger partial charge in [-0.15, -0.1) is 5.10 Å². The van der Waals surface area contributed by atoms with Crippen LogP contribution in [0.3, 0.4) is 0 Å². The van der Waals surface area contributed by atoms with Crippen LogP contribution in [0, 0.1) is 0 Å². The van der Waals surface area contributed by atoms with Crippen LogP contribution in [0.4, 0.5) is 10.6 Å². The summed E-state index contributed by atoms with van der Waals surface area (Å²) in [6, 6.07) is 3.37. The van der Waals surface area contributed by atoms with Gasteiger partial charge in [0.1, 0.15) is 11.8 Å². The fourth-order valence-corrected chi connectivity index (χ4v) is 3.36. The molecule has 1 aliphatic rings. The molecule has 3 rings (SSSR count). The number of nitrogens with one attached hydrogen (secondary N) is 3. The first kappa shape index (κ1) is 20.7. The van der Waals surface area contributed by atoms with E-state index in [9.17, 15) is 9.59 Å². The number of rotatable bonds is 5. The Labute approximate surface area is 169 Å². The van der Waals surface area contributed by atoms with Gasteiger partial charge >= 0.3 is 6.09 Å². The highest BCUT2D eigenvalue weighted by atomic mass is 16.6. The molecule has 1 aliphatic carbocycles. The number of aromatic nitrogens is 4. The number of carbonyl (C=O) groups excluding carboxylic acids is 2. The first-order valence-corrected chi connectivity index (χ1v) is 9.58. The van der Waals surface area contributed by atoms with Crippen LogP contribution in [0.2, 0.25) is 0 Å². The molecule has 158 valence electrons. The minimum absolute atomic E-state index is 0.134. The van der Waals surface area contributed by atoms with Crippen LogP contribution >= 0.6 is 0 Å². The summed E-state index contributed by atoms with van der Waals surface area (Å²) in [5.74, 6) is 0.665. The molecule has 2 aromatic heterocycles. The largest absolute Gasteiger partial charge is 0.480 e. The van der Waals surface area contributed by atoms with Gasteiger partial charge in [0.25, 0.3) is 5.91 Å². The number of hydrogen-bond acceptors (Lipinski definition) is 6. The highest BCUT2D eigenvalue weighted by Crippen LogP contribution is 2.36. The van der Waals surface area contributed by atoms with Gasteiger partial charge in [0, 0.05) is 36.3 Å². The standard InChI is InChI=1S/C19H28N6O4/c1-19(2,3)21-18(27)29-12-7-6-11(8-12)13-9-15(23-22-13)20-17(26)14-10-16(28-5)24-25(14)4/h9-12H,6-8H2,1-5H3,(H,21,27)(H2,20,22,23,26). The summed E-state index contributed by atoms with van der Waals surface area (Å²) in [7, 11) is 3.16. The highest BCUT2D eigenvalue weighted by Gasteiger charge is 2.30. The fraction of sp³-hybridized carbons (Fsp3) is 0.579. The average molecular weight is 404 g/mol. The summed E-state index contributed by atoms with van der Waals surface area (Å²) in [4.78, 5) is 24.4. The van der Waals surface area contributed by atoms with Gasteiger partial charge in [0.05, 0.1) is 7.11 Å². The predicted octanol–water partition coefficient (Wildman–Crippen LogP) is 2.56. The second-order valence-corrected chi connectivity index (χ2v) is 8.27. The molecule has 0 bridgehead atoms. The van der Waals surface area contributed by atoms with E-state index in [1.807, 2.05) is 26.8 Å². The minimum Gasteiger partial charge on any atom is -0.480 e. The second-order valence-electron chi connectivity index (χ2n) is 8.27. The molecule has 2 atom stereocenters. The molecule has 0 saturated heterocycles. The van der Waals surface area contributed by atoms with E-state index in [-0.39, 0.29) is 23.5 Å². The number of nitrogens with zero attached hydrogens (tertiary/aromatic N) is 3. The maximum Gasteiger partial charge on any atom is 0.407 e. The van der Waals surface area contributed by atoms with Crippen molar-refractivity contribution in [3.8, 4) is 5.88 Å². The lowest BCUT2D eigenvalue weighted by Crippen LogP contribution is -2.42. The number of methoxy groups -OCH3 is 1. The third-order valence-electron chi connectivity index (χ3n) is 4.71. The zero-order valence-electron chi connectivity index (χ0n) is 17.4. The number of hydrogen-bond donors (Lipinski definition) is 3. The molecule has 1 saturated carbocycles. The summed E-state index contributed by atoms with van der Waals surface area (Å²) in [6.07, 6.45) is 1.85. The number of aryl methyl sites for hydroxylation is 1. The van der Waals surface area contributed by atoms with E-state index in [2.05, 4.69) is 25.9 Å². The van der Waals surface area contributed by atoms with Crippen LogP contribution in [-0.2, 0) is 11.8 Å². The maximum absolute atomic E-state index is 12.4. The van der Waals surface area contributed by atoms with Gasteiger partial charge in [-0.05, 0) is 40.0 Å². The Balaban J connectivity index is 1.55. The molecule has 2 heterocycles. The van der Waals surface area contributed by atoms with Gasteiger partial charge in [-0.1, -0.05) is 0 Å². The Morgan fingerprint density at radius 3 is 2.69 bits per heavy atom. The number of alkyl carbamates (subject to hydrolysis) is 1. The maximum atomic E-state index is 12.4.